The lowest BCUT2D eigenvalue weighted by Gasteiger charge is -2.17. The highest BCUT2D eigenvalue weighted by molar-refractivity contribution is 7.15. The normalized spacial score (nSPS) is 12.6. The Morgan fingerprint density at radius 3 is 2.69 bits per heavy atom. The van der Waals surface area contributed by atoms with Crippen LogP contribution in [0.25, 0.3) is 10.6 Å². The van der Waals surface area contributed by atoms with Gasteiger partial charge in [0.1, 0.15) is 0 Å². The van der Waals surface area contributed by atoms with E-state index in [1.807, 2.05) is 19.1 Å². The molecule has 0 unspecified atom stereocenters. The van der Waals surface area contributed by atoms with E-state index < -0.39 is 48.8 Å². The SMILES string of the molecule is CC[C@@H](NC(=O)[CH]CC(F)(F)CCC(N)=O)C(=O)c1ncc(-c2ccc(C)s2)o1. The van der Waals surface area contributed by atoms with Gasteiger partial charge in [-0.05, 0) is 25.5 Å². The first-order chi connectivity index (χ1) is 13.6. The van der Waals surface area contributed by atoms with Crippen LogP contribution in [-0.2, 0) is 9.59 Å². The highest BCUT2D eigenvalue weighted by Crippen LogP contribution is 2.28. The first-order valence-electron chi connectivity index (χ1n) is 8.98. The number of nitrogens with one attached hydrogen (secondary N) is 1. The Hall–Kier alpha value is -2.62. The van der Waals surface area contributed by atoms with E-state index in [0.717, 1.165) is 16.2 Å². The third-order valence-electron chi connectivity index (χ3n) is 4.06. The molecule has 0 bridgehead atoms. The van der Waals surface area contributed by atoms with Crippen LogP contribution >= 0.6 is 11.3 Å². The molecule has 10 heteroatoms. The van der Waals surface area contributed by atoms with Gasteiger partial charge in [0, 0.05) is 24.1 Å². The van der Waals surface area contributed by atoms with E-state index in [4.69, 9.17) is 10.2 Å². The number of hydrogen-bond donors (Lipinski definition) is 2. The molecule has 3 N–H and O–H groups in total. The van der Waals surface area contributed by atoms with Crippen LogP contribution in [0.4, 0.5) is 8.78 Å². The fraction of sp³-hybridized carbons (Fsp3) is 0.421. The van der Waals surface area contributed by atoms with Crippen LogP contribution in [0.15, 0.2) is 22.7 Å². The Labute approximate surface area is 170 Å². The molecular weight excluding hydrogens is 404 g/mol. The zero-order valence-electron chi connectivity index (χ0n) is 16.0. The number of carbonyl (C=O) groups excluding carboxylic acids is 3. The summed E-state index contributed by atoms with van der Waals surface area (Å²) in [6.45, 7) is 3.60. The molecule has 1 radical (unpaired) electrons. The summed E-state index contributed by atoms with van der Waals surface area (Å²) in [5.74, 6) is -5.17. The van der Waals surface area contributed by atoms with Crippen molar-refractivity contribution < 1.29 is 27.6 Å². The standard InChI is InChI=1S/C19H22F2N3O4S/c1-3-12(24-16(26)7-9-19(20,21)8-6-15(22)25)17(27)18-23-10-13(28-18)14-5-4-11(2)29-14/h4-5,7,10,12H,3,6,8-9H2,1-2H3,(H2,22,25)(H,24,26)/t12-/m1/s1. The molecule has 2 heterocycles. The lowest BCUT2D eigenvalue weighted by Crippen LogP contribution is -2.41. The Balaban J connectivity index is 1.93. The van der Waals surface area contributed by atoms with Gasteiger partial charge in [-0.25, -0.2) is 13.8 Å². The number of primary amides is 1. The Morgan fingerprint density at radius 2 is 2.10 bits per heavy atom. The number of halogens is 2. The molecule has 0 fully saturated rings. The second-order valence-corrected chi connectivity index (χ2v) is 7.79. The quantitative estimate of drug-likeness (QED) is 0.535. The molecule has 0 aromatic carbocycles. The van der Waals surface area contributed by atoms with Gasteiger partial charge in [0.2, 0.25) is 23.5 Å². The molecule has 2 aromatic rings. The maximum atomic E-state index is 13.6. The van der Waals surface area contributed by atoms with Gasteiger partial charge in [-0.15, -0.1) is 11.3 Å². The van der Waals surface area contributed by atoms with Gasteiger partial charge in [0.15, 0.2) is 5.76 Å². The number of thiophene rings is 1. The highest BCUT2D eigenvalue weighted by atomic mass is 32.1. The second kappa shape index (κ2) is 9.73. The van der Waals surface area contributed by atoms with Crippen molar-refractivity contribution in [2.24, 2.45) is 5.73 Å². The van der Waals surface area contributed by atoms with Gasteiger partial charge in [0.25, 0.3) is 5.89 Å². The van der Waals surface area contributed by atoms with Crippen molar-refractivity contribution in [2.75, 3.05) is 0 Å². The number of carbonyl (C=O) groups is 3. The van der Waals surface area contributed by atoms with E-state index in [2.05, 4.69) is 10.3 Å². The van der Waals surface area contributed by atoms with Crippen molar-refractivity contribution in [3.8, 4) is 10.6 Å². The van der Waals surface area contributed by atoms with Gasteiger partial charge in [0.05, 0.1) is 23.5 Å². The van der Waals surface area contributed by atoms with E-state index in [9.17, 15) is 23.2 Å². The predicted molar refractivity (Wildman–Crippen MR) is 103 cm³/mol. The average Bonchev–Trinajstić information content (AvgIpc) is 3.31. The fourth-order valence-electron chi connectivity index (χ4n) is 2.45. The summed E-state index contributed by atoms with van der Waals surface area (Å²) in [6, 6.07) is 2.80. The molecule has 2 aromatic heterocycles. The molecule has 157 valence electrons. The van der Waals surface area contributed by atoms with Gasteiger partial charge in [-0.3, -0.25) is 14.4 Å². The molecule has 0 aliphatic carbocycles. The van der Waals surface area contributed by atoms with Crippen LogP contribution in [0, 0.1) is 13.3 Å². The Kier molecular flexibility index (Phi) is 7.60. The second-order valence-electron chi connectivity index (χ2n) is 6.50. The summed E-state index contributed by atoms with van der Waals surface area (Å²) < 4.78 is 32.8. The first-order valence-corrected chi connectivity index (χ1v) is 9.79. The summed E-state index contributed by atoms with van der Waals surface area (Å²) >= 11 is 1.49. The lowest BCUT2D eigenvalue weighted by atomic mass is 10.1. The van der Waals surface area contributed by atoms with Crippen molar-refractivity contribution in [1.29, 1.82) is 0 Å². The zero-order chi connectivity index (χ0) is 21.6. The Bertz CT molecular complexity index is 878. The molecule has 0 spiro atoms. The average molecular weight is 426 g/mol. The minimum atomic E-state index is -3.24. The smallest absolute Gasteiger partial charge is 0.265 e. The molecule has 2 rings (SSSR count). The summed E-state index contributed by atoms with van der Waals surface area (Å²) in [4.78, 5) is 41.0. The van der Waals surface area contributed by atoms with E-state index in [0.29, 0.717) is 5.76 Å². The number of Topliss-reactive ketones (excluding diaryl/α,β-unsaturated/α-hetero) is 1. The summed E-state index contributed by atoms with van der Waals surface area (Å²) in [7, 11) is 0. The monoisotopic (exact) mass is 426 g/mol. The fourth-order valence-corrected chi connectivity index (χ4v) is 3.27. The topological polar surface area (TPSA) is 115 Å². The van der Waals surface area contributed by atoms with Crippen LogP contribution in [0.1, 0.15) is 48.2 Å². The minimum Gasteiger partial charge on any atom is -0.433 e. The number of hydrogen-bond acceptors (Lipinski definition) is 6. The van der Waals surface area contributed by atoms with Gasteiger partial charge < -0.3 is 15.5 Å². The first kappa shape index (κ1) is 22.7. The molecule has 0 saturated carbocycles. The third kappa shape index (κ3) is 6.74. The Morgan fingerprint density at radius 1 is 1.38 bits per heavy atom. The third-order valence-corrected chi connectivity index (χ3v) is 5.08. The lowest BCUT2D eigenvalue weighted by molar-refractivity contribution is -0.120. The van der Waals surface area contributed by atoms with E-state index >= 15 is 0 Å². The molecule has 2 amide bonds. The molecule has 1 atom stereocenters. The van der Waals surface area contributed by atoms with E-state index in [1.165, 1.54) is 17.5 Å². The maximum Gasteiger partial charge on any atom is 0.265 e. The van der Waals surface area contributed by atoms with Crippen LogP contribution in [-0.4, -0.2) is 34.5 Å². The maximum absolute atomic E-state index is 13.6. The number of aryl methyl sites for hydroxylation is 1. The van der Waals surface area contributed by atoms with Crippen LogP contribution in [0.3, 0.4) is 0 Å². The van der Waals surface area contributed by atoms with Crippen molar-refractivity contribution in [1.82, 2.24) is 10.3 Å². The molecular formula is C19H22F2N3O4S. The number of nitrogens with zero attached hydrogens (tertiary/aromatic N) is 1. The number of ketones is 1. The van der Waals surface area contributed by atoms with Crippen LogP contribution in [0.2, 0.25) is 0 Å². The van der Waals surface area contributed by atoms with Gasteiger partial charge >= 0.3 is 0 Å². The largest absolute Gasteiger partial charge is 0.433 e. The van der Waals surface area contributed by atoms with Gasteiger partial charge in [-0.1, -0.05) is 6.92 Å². The molecule has 7 nitrogen and oxygen atoms in total. The number of oxazole rings is 1. The number of alkyl halides is 2. The number of rotatable bonds is 11. The summed E-state index contributed by atoms with van der Waals surface area (Å²) in [6.07, 6.45) is 0.326. The van der Waals surface area contributed by atoms with E-state index in [-0.39, 0.29) is 12.3 Å². The molecule has 0 aliphatic heterocycles. The van der Waals surface area contributed by atoms with Crippen molar-refractivity contribution in [3.63, 3.8) is 0 Å². The summed E-state index contributed by atoms with van der Waals surface area (Å²) in [5, 5.41) is 2.39. The highest BCUT2D eigenvalue weighted by Gasteiger charge is 2.31. The van der Waals surface area contributed by atoms with Crippen molar-refractivity contribution in [2.45, 2.75) is 51.5 Å². The van der Waals surface area contributed by atoms with Crippen molar-refractivity contribution in [3.05, 3.63) is 35.5 Å². The van der Waals surface area contributed by atoms with Crippen LogP contribution in [0.5, 0.6) is 0 Å². The van der Waals surface area contributed by atoms with Crippen LogP contribution < -0.4 is 11.1 Å². The predicted octanol–water partition coefficient (Wildman–Crippen LogP) is 3.28. The van der Waals surface area contributed by atoms with Crippen molar-refractivity contribution >= 4 is 28.9 Å². The minimum absolute atomic E-state index is 0.162. The number of aromatic nitrogens is 1. The molecule has 0 aliphatic rings. The van der Waals surface area contributed by atoms with Gasteiger partial charge in [-0.2, -0.15) is 0 Å². The summed E-state index contributed by atoms with van der Waals surface area (Å²) in [5.41, 5.74) is 4.85. The zero-order valence-corrected chi connectivity index (χ0v) is 16.9. The number of nitrogens with two attached hydrogens (primary N) is 1. The number of amides is 2. The molecule has 0 saturated heterocycles. The van der Waals surface area contributed by atoms with E-state index in [1.54, 1.807) is 6.92 Å². The molecule has 29 heavy (non-hydrogen) atoms.